The summed E-state index contributed by atoms with van der Waals surface area (Å²) in [6.07, 6.45) is 3.66. The molecule has 0 unspecified atom stereocenters. The number of hydrogen-bond donors (Lipinski definition) is 0. The fourth-order valence-electron chi connectivity index (χ4n) is 5.31. The van der Waals surface area contributed by atoms with E-state index in [4.69, 9.17) is 9.15 Å². The highest BCUT2D eigenvalue weighted by Crippen LogP contribution is 2.37. The van der Waals surface area contributed by atoms with Crippen LogP contribution in [0.3, 0.4) is 0 Å². The third kappa shape index (κ3) is 4.44. The molecule has 0 saturated carbocycles. The SMILES string of the molecule is COc1ccc(CCN2C(=O)N(C)C(=O)C23CCN(Cc2cccc(-c4ccco4)c2)CC3)cc1. The Labute approximate surface area is 205 Å². The van der Waals surface area contributed by atoms with E-state index in [1.807, 2.05) is 53.4 Å². The van der Waals surface area contributed by atoms with E-state index in [2.05, 4.69) is 17.0 Å². The van der Waals surface area contributed by atoms with Gasteiger partial charge in [-0.15, -0.1) is 0 Å². The van der Waals surface area contributed by atoms with E-state index in [0.29, 0.717) is 25.8 Å². The van der Waals surface area contributed by atoms with Crippen molar-refractivity contribution in [3.63, 3.8) is 0 Å². The first kappa shape index (κ1) is 23.2. The summed E-state index contributed by atoms with van der Waals surface area (Å²) in [5, 5.41) is 0. The molecule has 2 aliphatic rings. The number of piperidine rings is 1. The Balaban J connectivity index is 1.26. The molecule has 0 aliphatic carbocycles. The molecule has 3 amide bonds. The van der Waals surface area contributed by atoms with Crippen LogP contribution in [0.5, 0.6) is 5.75 Å². The van der Waals surface area contributed by atoms with Crippen molar-refractivity contribution in [1.82, 2.24) is 14.7 Å². The van der Waals surface area contributed by atoms with Gasteiger partial charge in [-0.3, -0.25) is 14.6 Å². The summed E-state index contributed by atoms with van der Waals surface area (Å²) in [6.45, 7) is 2.84. The first-order chi connectivity index (χ1) is 17.0. The average molecular weight is 474 g/mol. The van der Waals surface area contributed by atoms with Crippen LogP contribution in [0, 0.1) is 0 Å². The van der Waals surface area contributed by atoms with Crippen LogP contribution in [0.2, 0.25) is 0 Å². The van der Waals surface area contributed by atoms with Crippen molar-refractivity contribution < 1.29 is 18.7 Å². The average Bonchev–Trinajstić information content (AvgIpc) is 3.49. The first-order valence-corrected chi connectivity index (χ1v) is 12.1. The third-order valence-electron chi connectivity index (χ3n) is 7.34. The Morgan fingerprint density at radius 2 is 1.74 bits per heavy atom. The topological polar surface area (TPSA) is 66.2 Å². The summed E-state index contributed by atoms with van der Waals surface area (Å²) >= 11 is 0. The summed E-state index contributed by atoms with van der Waals surface area (Å²) in [5.41, 5.74) is 2.64. The molecule has 7 nitrogen and oxygen atoms in total. The summed E-state index contributed by atoms with van der Waals surface area (Å²) in [7, 11) is 3.25. The molecule has 0 radical (unpaired) electrons. The standard InChI is InChI=1S/C28H31N3O4/c1-29-26(32)28(31(27(29)33)15-12-21-8-10-24(34-2)11-9-21)13-16-30(17-14-28)20-22-5-3-6-23(19-22)25-7-4-18-35-25/h3-11,18-19H,12-17,20H2,1-2H3. The van der Waals surface area contributed by atoms with Gasteiger partial charge >= 0.3 is 6.03 Å². The lowest BCUT2D eigenvalue weighted by molar-refractivity contribution is -0.134. The van der Waals surface area contributed by atoms with E-state index in [-0.39, 0.29) is 11.9 Å². The second-order valence-electron chi connectivity index (χ2n) is 9.38. The summed E-state index contributed by atoms with van der Waals surface area (Å²) < 4.78 is 10.8. The number of benzene rings is 2. The molecule has 35 heavy (non-hydrogen) atoms. The van der Waals surface area contributed by atoms with E-state index in [1.165, 1.54) is 10.5 Å². The van der Waals surface area contributed by atoms with E-state index < -0.39 is 5.54 Å². The number of amides is 3. The number of imide groups is 1. The molecule has 0 N–H and O–H groups in total. The van der Waals surface area contributed by atoms with Crippen LogP contribution >= 0.6 is 0 Å². The van der Waals surface area contributed by atoms with Gasteiger partial charge in [-0.2, -0.15) is 0 Å². The van der Waals surface area contributed by atoms with E-state index in [9.17, 15) is 9.59 Å². The van der Waals surface area contributed by atoms with Crippen molar-refractivity contribution >= 4 is 11.9 Å². The van der Waals surface area contributed by atoms with Gasteiger partial charge in [-0.1, -0.05) is 30.3 Å². The van der Waals surface area contributed by atoms with E-state index in [0.717, 1.165) is 42.3 Å². The Morgan fingerprint density at radius 3 is 2.43 bits per heavy atom. The number of furan rings is 1. The van der Waals surface area contributed by atoms with E-state index >= 15 is 0 Å². The van der Waals surface area contributed by atoms with Crippen molar-refractivity contribution in [3.05, 3.63) is 78.1 Å². The van der Waals surface area contributed by atoms with E-state index in [1.54, 1.807) is 20.4 Å². The van der Waals surface area contributed by atoms with Gasteiger partial charge < -0.3 is 14.1 Å². The van der Waals surface area contributed by atoms with Crippen LogP contribution in [-0.2, 0) is 17.8 Å². The van der Waals surface area contributed by atoms with Crippen LogP contribution in [0.4, 0.5) is 4.79 Å². The van der Waals surface area contributed by atoms with Crippen molar-refractivity contribution in [2.45, 2.75) is 31.3 Å². The van der Waals surface area contributed by atoms with Crippen LogP contribution < -0.4 is 4.74 Å². The molecule has 7 heteroatoms. The minimum Gasteiger partial charge on any atom is -0.497 e. The molecule has 1 spiro atoms. The van der Waals surface area contributed by atoms with Gasteiger partial charge in [0.1, 0.15) is 17.0 Å². The highest BCUT2D eigenvalue weighted by Gasteiger charge is 2.56. The third-order valence-corrected chi connectivity index (χ3v) is 7.34. The van der Waals surface area contributed by atoms with Crippen LogP contribution in [0.1, 0.15) is 24.0 Å². The summed E-state index contributed by atoms with van der Waals surface area (Å²) in [5.74, 6) is 1.59. The highest BCUT2D eigenvalue weighted by molar-refractivity contribution is 6.06. The molecule has 2 fully saturated rings. The van der Waals surface area contributed by atoms with Crippen molar-refractivity contribution in [3.8, 4) is 17.1 Å². The zero-order valence-electron chi connectivity index (χ0n) is 20.3. The molecule has 182 valence electrons. The largest absolute Gasteiger partial charge is 0.497 e. The lowest BCUT2D eigenvalue weighted by Gasteiger charge is -2.42. The number of nitrogens with zero attached hydrogens (tertiary/aromatic N) is 3. The Hall–Kier alpha value is -3.58. The number of carbonyl (C=O) groups excluding carboxylic acids is 2. The molecule has 1 aromatic heterocycles. The van der Waals surface area contributed by atoms with Gasteiger partial charge in [-0.25, -0.2) is 4.79 Å². The number of methoxy groups -OCH3 is 1. The molecular weight excluding hydrogens is 442 g/mol. The number of likely N-dealkylation sites (N-methyl/N-ethyl adjacent to an activating group) is 1. The molecular formula is C28H31N3O4. The van der Waals surface area contributed by atoms with Gasteiger partial charge in [0, 0.05) is 38.8 Å². The minimum absolute atomic E-state index is 0.0725. The fraction of sp³-hybridized carbons (Fsp3) is 0.357. The molecule has 3 aromatic rings. The zero-order chi connectivity index (χ0) is 24.4. The predicted octanol–water partition coefficient (Wildman–Crippen LogP) is 4.43. The maximum absolute atomic E-state index is 13.3. The maximum Gasteiger partial charge on any atom is 0.327 e. The summed E-state index contributed by atoms with van der Waals surface area (Å²) in [4.78, 5) is 31.8. The second kappa shape index (κ2) is 9.58. The highest BCUT2D eigenvalue weighted by atomic mass is 16.5. The smallest absolute Gasteiger partial charge is 0.327 e. The number of likely N-dealkylation sites (tertiary alicyclic amines) is 1. The number of ether oxygens (including phenoxy) is 1. The second-order valence-corrected chi connectivity index (χ2v) is 9.38. The number of hydrogen-bond acceptors (Lipinski definition) is 5. The van der Waals surface area contributed by atoms with Crippen molar-refractivity contribution in [1.29, 1.82) is 0 Å². The minimum atomic E-state index is -0.745. The molecule has 2 aromatic carbocycles. The number of rotatable bonds is 7. The maximum atomic E-state index is 13.3. The molecule has 3 heterocycles. The summed E-state index contributed by atoms with van der Waals surface area (Å²) in [6, 6.07) is 19.9. The molecule has 2 aliphatic heterocycles. The van der Waals surface area contributed by atoms with Crippen molar-refractivity contribution in [2.24, 2.45) is 0 Å². The van der Waals surface area contributed by atoms with Crippen LogP contribution in [0.15, 0.2) is 71.3 Å². The molecule has 0 bridgehead atoms. The number of urea groups is 1. The monoisotopic (exact) mass is 473 g/mol. The molecule has 2 saturated heterocycles. The zero-order valence-corrected chi connectivity index (χ0v) is 20.3. The Kier molecular flexibility index (Phi) is 6.34. The quantitative estimate of drug-likeness (QED) is 0.475. The Morgan fingerprint density at radius 1 is 0.971 bits per heavy atom. The van der Waals surface area contributed by atoms with Gasteiger partial charge in [0.2, 0.25) is 0 Å². The molecule has 0 atom stereocenters. The normalized spacial score (nSPS) is 18.0. The van der Waals surface area contributed by atoms with Gasteiger partial charge in [-0.05, 0) is 60.7 Å². The van der Waals surface area contributed by atoms with Gasteiger partial charge in [0.15, 0.2) is 0 Å². The molecule has 5 rings (SSSR count). The fourth-order valence-corrected chi connectivity index (χ4v) is 5.31. The van der Waals surface area contributed by atoms with Crippen LogP contribution in [-0.4, -0.2) is 66.0 Å². The van der Waals surface area contributed by atoms with Crippen LogP contribution in [0.25, 0.3) is 11.3 Å². The Bertz CT molecular complexity index is 1180. The first-order valence-electron chi connectivity index (χ1n) is 12.1. The lowest BCUT2D eigenvalue weighted by Crippen LogP contribution is -2.56. The number of carbonyl (C=O) groups is 2. The van der Waals surface area contributed by atoms with Gasteiger partial charge in [0.05, 0.1) is 13.4 Å². The van der Waals surface area contributed by atoms with Gasteiger partial charge in [0.25, 0.3) is 5.91 Å². The lowest BCUT2D eigenvalue weighted by atomic mass is 9.85. The van der Waals surface area contributed by atoms with Crippen molar-refractivity contribution in [2.75, 3.05) is 33.8 Å². The predicted molar refractivity (Wildman–Crippen MR) is 133 cm³/mol.